The van der Waals surface area contributed by atoms with Crippen LogP contribution in [0.2, 0.25) is 0 Å². The zero-order chi connectivity index (χ0) is 9.80. The highest BCUT2D eigenvalue weighted by atomic mass is 32.2. The molecule has 1 heterocycles. The Bertz CT molecular complexity index is 292. The van der Waals surface area contributed by atoms with Gasteiger partial charge in [-0.3, -0.25) is 0 Å². The summed E-state index contributed by atoms with van der Waals surface area (Å²) in [6.07, 6.45) is 2.54. The Morgan fingerprint density at radius 1 is 1.43 bits per heavy atom. The zero-order valence-electron chi connectivity index (χ0n) is 8.53. The van der Waals surface area contributed by atoms with Crippen LogP contribution in [0, 0.1) is 5.92 Å². The van der Waals surface area contributed by atoms with E-state index in [4.69, 9.17) is 4.74 Å². The number of hydrogen-bond acceptors (Lipinski definition) is 2. The van der Waals surface area contributed by atoms with Gasteiger partial charge in [0.05, 0.1) is 7.11 Å². The summed E-state index contributed by atoms with van der Waals surface area (Å²) in [4.78, 5) is 0. The second-order valence-electron chi connectivity index (χ2n) is 3.75. The van der Waals surface area contributed by atoms with E-state index < -0.39 is 0 Å². The maximum atomic E-state index is 5.35. The van der Waals surface area contributed by atoms with Crippen molar-refractivity contribution in [2.75, 3.05) is 18.6 Å². The number of para-hydroxylation sites is 1. The Hall–Kier alpha value is -0.630. The zero-order valence-corrected chi connectivity index (χ0v) is 9.35. The van der Waals surface area contributed by atoms with E-state index in [0.29, 0.717) is 0 Å². The molecule has 1 aliphatic rings. The Balaban J connectivity index is 2.07. The van der Waals surface area contributed by atoms with E-state index in [9.17, 15) is 0 Å². The van der Waals surface area contributed by atoms with E-state index in [1.807, 2.05) is 6.07 Å². The highest BCUT2D eigenvalue weighted by molar-refractivity contribution is 7.99. The molecule has 1 unspecified atom stereocenters. The van der Waals surface area contributed by atoms with Crippen molar-refractivity contribution in [1.82, 2.24) is 0 Å². The van der Waals surface area contributed by atoms with Gasteiger partial charge in [-0.05, 0) is 41.9 Å². The maximum absolute atomic E-state index is 5.35. The molecule has 0 saturated carbocycles. The van der Waals surface area contributed by atoms with Crippen LogP contribution in [-0.4, -0.2) is 18.6 Å². The van der Waals surface area contributed by atoms with Gasteiger partial charge in [0.15, 0.2) is 0 Å². The molecule has 0 spiro atoms. The first-order valence-corrected chi connectivity index (χ1v) is 6.25. The molecule has 2 heteroatoms. The summed E-state index contributed by atoms with van der Waals surface area (Å²) in [6, 6.07) is 8.37. The lowest BCUT2D eigenvalue weighted by atomic mass is 9.98. The fourth-order valence-corrected chi connectivity index (χ4v) is 3.21. The number of rotatable bonds is 3. The molecular formula is C12H16OS. The summed E-state index contributed by atoms with van der Waals surface area (Å²) >= 11 is 2.07. The molecule has 1 nitrogen and oxygen atoms in total. The van der Waals surface area contributed by atoms with Crippen LogP contribution in [0.1, 0.15) is 12.0 Å². The fraction of sp³-hybridized carbons (Fsp3) is 0.500. The highest BCUT2D eigenvalue weighted by Gasteiger charge is 2.17. The Morgan fingerprint density at radius 3 is 3.00 bits per heavy atom. The molecule has 0 bridgehead atoms. The van der Waals surface area contributed by atoms with Crippen LogP contribution in [0.4, 0.5) is 0 Å². The molecule has 0 aliphatic carbocycles. The lowest BCUT2D eigenvalue weighted by Gasteiger charge is -2.11. The smallest absolute Gasteiger partial charge is 0.122 e. The molecular weight excluding hydrogens is 192 g/mol. The monoisotopic (exact) mass is 208 g/mol. The second kappa shape index (κ2) is 4.74. The van der Waals surface area contributed by atoms with E-state index in [0.717, 1.165) is 11.7 Å². The largest absolute Gasteiger partial charge is 0.496 e. The van der Waals surface area contributed by atoms with Crippen molar-refractivity contribution in [3.63, 3.8) is 0 Å². The van der Waals surface area contributed by atoms with Gasteiger partial charge in [0.1, 0.15) is 5.75 Å². The van der Waals surface area contributed by atoms with Crippen molar-refractivity contribution < 1.29 is 4.74 Å². The van der Waals surface area contributed by atoms with Crippen molar-refractivity contribution in [3.8, 4) is 5.75 Å². The van der Waals surface area contributed by atoms with Crippen molar-refractivity contribution in [1.29, 1.82) is 0 Å². The second-order valence-corrected chi connectivity index (χ2v) is 4.90. The predicted molar refractivity (Wildman–Crippen MR) is 62.1 cm³/mol. The third-order valence-corrected chi connectivity index (χ3v) is 3.96. The van der Waals surface area contributed by atoms with E-state index in [-0.39, 0.29) is 0 Å². The van der Waals surface area contributed by atoms with E-state index in [1.54, 1.807) is 7.11 Å². The average Bonchev–Trinajstić information content (AvgIpc) is 2.71. The van der Waals surface area contributed by atoms with Gasteiger partial charge in [0.2, 0.25) is 0 Å². The van der Waals surface area contributed by atoms with E-state index in [1.165, 1.54) is 29.9 Å². The molecule has 0 radical (unpaired) electrons. The topological polar surface area (TPSA) is 9.23 Å². The fourth-order valence-electron chi connectivity index (χ4n) is 1.93. The number of ether oxygens (including phenoxy) is 1. The summed E-state index contributed by atoms with van der Waals surface area (Å²) in [7, 11) is 1.75. The van der Waals surface area contributed by atoms with Crippen molar-refractivity contribution in [2.24, 2.45) is 5.92 Å². The number of thioether (sulfide) groups is 1. The summed E-state index contributed by atoms with van der Waals surface area (Å²) in [6.45, 7) is 0. The van der Waals surface area contributed by atoms with E-state index in [2.05, 4.69) is 30.0 Å². The van der Waals surface area contributed by atoms with Crippen LogP contribution in [0.3, 0.4) is 0 Å². The SMILES string of the molecule is COc1ccccc1CC1CCSC1. The van der Waals surface area contributed by atoms with Gasteiger partial charge >= 0.3 is 0 Å². The Kier molecular flexibility index (Phi) is 3.35. The molecule has 14 heavy (non-hydrogen) atoms. The van der Waals surface area contributed by atoms with Crippen LogP contribution < -0.4 is 4.74 Å². The van der Waals surface area contributed by atoms with Gasteiger partial charge in [-0.2, -0.15) is 11.8 Å². The molecule has 2 rings (SSSR count). The van der Waals surface area contributed by atoms with Gasteiger partial charge < -0.3 is 4.74 Å². The molecule has 0 aromatic heterocycles. The van der Waals surface area contributed by atoms with Gasteiger partial charge in [0, 0.05) is 0 Å². The van der Waals surface area contributed by atoms with Crippen LogP contribution >= 0.6 is 11.8 Å². The first-order chi connectivity index (χ1) is 6.90. The predicted octanol–water partition coefficient (Wildman–Crippen LogP) is 2.99. The van der Waals surface area contributed by atoms with Gasteiger partial charge in [-0.1, -0.05) is 18.2 Å². The quantitative estimate of drug-likeness (QED) is 0.755. The van der Waals surface area contributed by atoms with Crippen LogP contribution in [-0.2, 0) is 6.42 Å². The third-order valence-electron chi connectivity index (χ3n) is 2.73. The lowest BCUT2D eigenvalue weighted by molar-refractivity contribution is 0.406. The Morgan fingerprint density at radius 2 is 2.29 bits per heavy atom. The molecule has 1 aliphatic heterocycles. The molecule has 0 N–H and O–H groups in total. The average molecular weight is 208 g/mol. The molecule has 1 aromatic carbocycles. The third kappa shape index (κ3) is 2.24. The molecule has 76 valence electrons. The maximum Gasteiger partial charge on any atom is 0.122 e. The number of hydrogen-bond donors (Lipinski definition) is 0. The molecule has 1 saturated heterocycles. The summed E-state index contributed by atoms with van der Waals surface area (Å²) in [5, 5.41) is 0. The minimum atomic E-state index is 0.858. The Labute approximate surface area is 89.9 Å². The lowest BCUT2D eigenvalue weighted by Crippen LogP contribution is -2.03. The highest BCUT2D eigenvalue weighted by Crippen LogP contribution is 2.29. The van der Waals surface area contributed by atoms with Gasteiger partial charge in [-0.25, -0.2) is 0 Å². The van der Waals surface area contributed by atoms with Gasteiger partial charge in [0.25, 0.3) is 0 Å². The summed E-state index contributed by atoms with van der Waals surface area (Å²) in [5.41, 5.74) is 1.36. The molecule has 1 aromatic rings. The van der Waals surface area contributed by atoms with Crippen LogP contribution in [0.25, 0.3) is 0 Å². The first-order valence-electron chi connectivity index (χ1n) is 5.10. The molecule has 1 atom stereocenters. The van der Waals surface area contributed by atoms with Crippen LogP contribution in [0.5, 0.6) is 5.75 Å². The first kappa shape index (κ1) is 9.91. The van der Waals surface area contributed by atoms with Crippen molar-refractivity contribution in [2.45, 2.75) is 12.8 Å². The van der Waals surface area contributed by atoms with Crippen molar-refractivity contribution >= 4 is 11.8 Å². The minimum absolute atomic E-state index is 0.858. The normalized spacial score (nSPS) is 21.1. The number of benzene rings is 1. The molecule has 0 amide bonds. The van der Waals surface area contributed by atoms with E-state index >= 15 is 0 Å². The van der Waals surface area contributed by atoms with Crippen LogP contribution in [0.15, 0.2) is 24.3 Å². The minimum Gasteiger partial charge on any atom is -0.496 e. The number of methoxy groups -OCH3 is 1. The summed E-state index contributed by atoms with van der Waals surface area (Å²) < 4.78 is 5.35. The summed E-state index contributed by atoms with van der Waals surface area (Å²) in [5.74, 6) is 4.55. The van der Waals surface area contributed by atoms with Gasteiger partial charge in [-0.15, -0.1) is 0 Å². The van der Waals surface area contributed by atoms with Crippen molar-refractivity contribution in [3.05, 3.63) is 29.8 Å². The molecule has 1 fully saturated rings. The standard InChI is InChI=1S/C12H16OS/c1-13-12-5-3-2-4-11(12)8-10-6-7-14-9-10/h2-5,10H,6-9H2,1H3.